The molecule has 2 aromatic rings. The van der Waals surface area contributed by atoms with Gasteiger partial charge in [0.05, 0.1) is 39.2 Å². The van der Waals surface area contributed by atoms with Gasteiger partial charge in [-0.1, -0.05) is 46.4 Å². The van der Waals surface area contributed by atoms with Gasteiger partial charge in [-0.3, -0.25) is 9.10 Å². The Hall–Kier alpha value is -1.38. The van der Waals surface area contributed by atoms with E-state index in [1.165, 1.54) is 30.3 Å². The molecule has 0 saturated carbocycles. The highest BCUT2D eigenvalue weighted by Gasteiger charge is 2.35. The number of hydrogen-bond acceptors (Lipinski definition) is 4. The molecule has 1 amide bonds. The van der Waals surface area contributed by atoms with Gasteiger partial charge >= 0.3 is 0 Å². The maximum Gasteiger partial charge on any atom is 0.267 e. The lowest BCUT2D eigenvalue weighted by atomic mass is 10.2. The van der Waals surface area contributed by atoms with Crippen molar-refractivity contribution in [2.75, 3.05) is 22.4 Å². The average molecular weight is 470 g/mol. The molecular weight excluding hydrogens is 458 g/mol. The van der Waals surface area contributed by atoms with E-state index in [0.29, 0.717) is 5.02 Å². The van der Waals surface area contributed by atoms with Crippen LogP contribution in [0.15, 0.2) is 30.3 Å². The van der Waals surface area contributed by atoms with E-state index in [1.807, 2.05) is 0 Å². The van der Waals surface area contributed by atoms with E-state index in [0.717, 1.165) is 10.6 Å². The van der Waals surface area contributed by atoms with Crippen LogP contribution in [0.3, 0.4) is 0 Å². The average Bonchev–Trinajstić information content (AvgIpc) is 2.57. The van der Waals surface area contributed by atoms with Gasteiger partial charge in [0.2, 0.25) is 10.0 Å². The highest BCUT2D eigenvalue weighted by atomic mass is 35.5. The highest BCUT2D eigenvalue weighted by molar-refractivity contribution is 7.92. The normalized spacial score (nSPS) is 16.5. The van der Waals surface area contributed by atoms with Crippen LogP contribution < -0.4 is 14.4 Å². The van der Waals surface area contributed by atoms with Crippen molar-refractivity contribution in [3.63, 3.8) is 0 Å². The number of carbonyl (C=O) groups excluding carboxylic acids is 1. The fraction of sp³-hybridized carbons (Fsp3) is 0.188. The van der Waals surface area contributed by atoms with Crippen LogP contribution in [0.4, 0.5) is 11.4 Å². The molecule has 3 rings (SSSR count). The third-order valence-electron chi connectivity index (χ3n) is 3.75. The van der Waals surface area contributed by atoms with Crippen LogP contribution in [-0.2, 0) is 14.8 Å². The molecule has 11 heteroatoms. The Morgan fingerprint density at radius 1 is 1.11 bits per heavy atom. The number of ether oxygens (including phenoxy) is 1. The van der Waals surface area contributed by atoms with E-state index < -0.39 is 22.0 Å². The summed E-state index contributed by atoms with van der Waals surface area (Å²) in [4.78, 5) is 12.6. The fourth-order valence-corrected chi connectivity index (χ4v) is 4.17. The van der Waals surface area contributed by atoms with E-state index in [1.54, 1.807) is 0 Å². The van der Waals surface area contributed by atoms with Crippen molar-refractivity contribution >= 4 is 73.7 Å². The number of halogens is 4. The zero-order valence-corrected chi connectivity index (χ0v) is 17.5. The molecule has 2 aromatic carbocycles. The third-order valence-corrected chi connectivity index (χ3v) is 6.17. The molecule has 144 valence electrons. The van der Waals surface area contributed by atoms with Crippen molar-refractivity contribution in [1.29, 1.82) is 0 Å². The summed E-state index contributed by atoms with van der Waals surface area (Å²) in [5, 5.41) is 3.55. The van der Waals surface area contributed by atoms with Gasteiger partial charge in [-0.15, -0.1) is 0 Å². The summed E-state index contributed by atoms with van der Waals surface area (Å²) in [5.41, 5.74) is 0.495. The van der Waals surface area contributed by atoms with Gasteiger partial charge in [0.1, 0.15) is 5.75 Å². The molecule has 1 aliphatic rings. The molecule has 1 heterocycles. The molecule has 1 atom stereocenters. The van der Waals surface area contributed by atoms with Gasteiger partial charge in [-0.25, -0.2) is 8.42 Å². The summed E-state index contributed by atoms with van der Waals surface area (Å²) in [7, 11) is -3.67. The van der Waals surface area contributed by atoms with E-state index in [2.05, 4.69) is 5.32 Å². The number of nitrogens with one attached hydrogen (secondary N) is 1. The van der Waals surface area contributed by atoms with E-state index in [4.69, 9.17) is 51.1 Å². The van der Waals surface area contributed by atoms with Crippen LogP contribution in [0.1, 0.15) is 0 Å². The van der Waals surface area contributed by atoms with Crippen molar-refractivity contribution in [3.8, 4) is 5.75 Å². The molecule has 1 N–H and O–H groups in total. The van der Waals surface area contributed by atoms with Crippen molar-refractivity contribution in [3.05, 3.63) is 50.4 Å². The number of amides is 1. The maximum atomic E-state index is 12.6. The largest absolute Gasteiger partial charge is 0.476 e. The number of anilines is 2. The minimum absolute atomic E-state index is 0.181. The van der Waals surface area contributed by atoms with Gasteiger partial charge in [0.15, 0.2) is 6.10 Å². The van der Waals surface area contributed by atoms with Crippen LogP contribution in [0, 0.1) is 0 Å². The molecule has 1 aliphatic heterocycles. The molecule has 0 fully saturated rings. The first kappa shape index (κ1) is 20.4. The molecule has 6 nitrogen and oxygen atoms in total. The van der Waals surface area contributed by atoms with Crippen LogP contribution in [0.25, 0.3) is 0 Å². The summed E-state index contributed by atoms with van der Waals surface area (Å²) >= 11 is 23.8. The molecule has 0 aromatic heterocycles. The number of sulfonamides is 1. The van der Waals surface area contributed by atoms with Crippen LogP contribution in [0.5, 0.6) is 5.75 Å². The summed E-state index contributed by atoms with van der Waals surface area (Å²) in [6.07, 6.45) is -0.0766. The number of benzene rings is 2. The summed E-state index contributed by atoms with van der Waals surface area (Å²) in [5.74, 6) is -0.374. The third kappa shape index (κ3) is 4.38. The van der Waals surface area contributed by atoms with E-state index in [9.17, 15) is 13.2 Å². The van der Waals surface area contributed by atoms with Crippen molar-refractivity contribution < 1.29 is 17.9 Å². The van der Waals surface area contributed by atoms with Gasteiger partial charge in [-0.05, 0) is 30.3 Å². The Kier molecular flexibility index (Phi) is 5.70. The Balaban J connectivity index is 1.91. The predicted octanol–water partition coefficient (Wildman–Crippen LogP) is 4.47. The van der Waals surface area contributed by atoms with Gasteiger partial charge in [0.25, 0.3) is 5.91 Å². The smallest absolute Gasteiger partial charge is 0.267 e. The predicted molar refractivity (Wildman–Crippen MR) is 108 cm³/mol. The number of nitrogens with zero attached hydrogens (tertiary/aromatic N) is 1. The van der Waals surface area contributed by atoms with E-state index >= 15 is 0 Å². The molecule has 0 radical (unpaired) electrons. The summed E-state index contributed by atoms with van der Waals surface area (Å²) in [6.45, 7) is -0.225. The first-order valence-electron chi connectivity index (χ1n) is 7.45. The molecule has 0 aliphatic carbocycles. The lowest BCUT2D eigenvalue weighted by Gasteiger charge is -2.34. The highest BCUT2D eigenvalue weighted by Crippen LogP contribution is 2.38. The Labute approximate surface area is 176 Å². The first-order valence-corrected chi connectivity index (χ1v) is 10.8. The van der Waals surface area contributed by atoms with Crippen LogP contribution in [-0.4, -0.2) is 33.2 Å². The number of hydrogen-bond donors (Lipinski definition) is 1. The zero-order chi connectivity index (χ0) is 19.9. The second kappa shape index (κ2) is 7.56. The molecule has 27 heavy (non-hydrogen) atoms. The SMILES string of the molecule is CS(=O)(=O)N1C[C@H](C(=O)Nc2cc(Cl)c(Cl)cc2Cl)Oc2ccc(Cl)cc21. The zero-order valence-electron chi connectivity index (χ0n) is 13.7. The first-order chi connectivity index (χ1) is 12.6. The summed E-state index contributed by atoms with van der Waals surface area (Å²) in [6, 6.07) is 7.29. The van der Waals surface area contributed by atoms with Gasteiger partial charge in [-0.2, -0.15) is 0 Å². The van der Waals surface area contributed by atoms with Crippen molar-refractivity contribution in [1.82, 2.24) is 0 Å². The fourth-order valence-electron chi connectivity index (χ4n) is 2.51. The van der Waals surface area contributed by atoms with Gasteiger partial charge in [0, 0.05) is 5.02 Å². The lowest BCUT2D eigenvalue weighted by Crippen LogP contribution is -2.48. The van der Waals surface area contributed by atoms with Crippen LogP contribution in [0.2, 0.25) is 20.1 Å². The summed E-state index contributed by atoms with van der Waals surface area (Å²) < 4.78 is 31.1. The Morgan fingerprint density at radius 3 is 2.44 bits per heavy atom. The lowest BCUT2D eigenvalue weighted by molar-refractivity contribution is -0.122. The van der Waals surface area contributed by atoms with Crippen molar-refractivity contribution in [2.24, 2.45) is 0 Å². The Bertz CT molecular complexity index is 1030. The second-order valence-corrected chi connectivity index (χ2v) is 9.31. The van der Waals surface area contributed by atoms with Crippen molar-refractivity contribution in [2.45, 2.75) is 6.10 Å². The molecule has 0 bridgehead atoms. The Morgan fingerprint density at radius 2 is 1.78 bits per heavy atom. The second-order valence-electron chi connectivity index (χ2n) is 5.75. The molecule has 0 spiro atoms. The molecule has 0 saturated heterocycles. The number of fused-ring (bicyclic) bond motifs is 1. The van der Waals surface area contributed by atoms with Crippen LogP contribution >= 0.6 is 46.4 Å². The minimum atomic E-state index is -3.67. The topological polar surface area (TPSA) is 75.7 Å². The minimum Gasteiger partial charge on any atom is -0.476 e. The quantitative estimate of drug-likeness (QED) is 0.673. The maximum absolute atomic E-state index is 12.6. The standard InChI is InChI=1S/C16H12Cl4N2O4S/c1-27(24,25)22-7-15(26-14-3-2-8(17)4-13(14)22)16(23)21-12-6-10(19)9(18)5-11(12)20/h2-6,15H,7H2,1H3,(H,21,23)/t15-/m1/s1. The monoisotopic (exact) mass is 468 g/mol. The number of rotatable bonds is 3. The van der Waals surface area contributed by atoms with E-state index in [-0.39, 0.29) is 38.7 Å². The van der Waals surface area contributed by atoms with Gasteiger partial charge < -0.3 is 10.1 Å². The molecular formula is C16H12Cl4N2O4S. The number of carbonyl (C=O) groups is 1. The molecule has 0 unspecified atom stereocenters.